The first-order valence-electron chi connectivity index (χ1n) is 7.22. The number of fused-ring (bicyclic) bond motifs is 1. The van der Waals surface area contributed by atoms with Crippen LogP contribution in [0.25, 0.3) is 11.0 Å². The van der Waals surface area contributed by atoms with E-state index in [1.807, 2.05) is 41.1 Å². The summed E-state index contributed by atoms with van der Waals surface area (Å²) in [6, 6.07) is 15.8. The van der Waals surface area contributed by atoms with Crippen molar-refractivity contribution in [1.82, 2.24) is 15.0 Å². The molecule has 0 aliphatic rings. The molecular formula is C17H17N3O2. The van der Waals surface area contributed by atoms with E-state index in [0.29, 0.717) is 0 Å². The van der Waals surface area contributed by atoms with Crippen LogP contribution in [0.1, 0.15) is 22.5 Å². The Morgan fingerprint density at radius 2 is 1.95 bits per heavy atom. The van der Waals surface area contributed by atoms with Crippen molar-refractivity contribution in [1.29, 1.82) is 0 Å². The van der Waals surface area contributed by atoms with Gasteiger partial charge in [-0.3, -0.25) is 10.0 Å². The Labute approximate surface area is 128 Å². The summed E-state index contributed by atoms with van der Waals surface area (Å²) >= 11 is 0. The first-order chi connectivity index (χ1) is 10.8. The van der Waals surface area contributed by atoms with Crippen molar-refractivity contribution in [2.75, 3.05) is 0 Å². The average molecular weight is 295 g/mol. The SMILES string of the molecule is O=C(NO)c1ccc2ccn(CCCc3ccccc3)c2n1. The zero-order valence-corrected chi connectivity index (χ0v) is 12.1. The molecule has 3 rings (SSSR count). The number of carbonyl (C=O) groups excluding carboxylic acids is 1. The van der Waals surface area contributed by atoms with E-state index in [-0.39, 0.29) is 5.69 Å². The molecule has 0 saturated heterocycles. The molecule has 1 amide bonds. The van der Waals surface area contributed by atoms with Gasteiger partial charge in [0.25, 0.3) is 5.91 Å². The number of rotatable bonds is 5. The maximum absolute atomic E-state index is 11.5. The van der Waals surface area contributed by atoms with Crippen LogP contribution in [-0.4, -0.2) is 20.7 Å². The van der Waals surface area contributed by atoms with Gasteiger partial charge in [0.15, 0.2) is 0 Å². The van der Waals surface area contributed by atoms with Crippen LogP contribution in [0.3, 0.4) is 0 Å². The third kappa shape index (κ3) is 2.99. The Morgan fingerprint density at radius 1 is 1.14 bits per heavy atom. The Bertz CT molecular complexity index is 781. The fraction of sp³-hybridized carbons (Fsp3) is 0.176. The number of hydroxylamine groups is 1. The van der Waals surface area contributed by atoms with Crippen molar-refractivity contribution in [2.24, 2.45) is 0 Å². The first-order valence-corrected chi connectivity index (χ1v) is 7.22. The normalized spacial score (nSPS) is 10.8. The van der Waals surface area contributed by atoms with Gasteiger partial charge in [-0.2, -0.15) is 0 Å². The number of benzene rings is 1. The van der Waals surface area contributed by atoms with Crippen molar-refractivity contribution in [3.8, 4) is 0 Å². The molecule has 2 aromatic heterocycles. The van der Waals surface area contributed by atoms with E-state index in [9.17, 15) is 4.79 Å². The molecule has 0 atom stereocenters. The molecule has 22 heavy (non-hydrogen) atoms. The highest BCUT2D eigenvalue weighted by molar-refractivity contribution is 5.93. The van der Waals surface area contributed by atoms with Crippen LogP contribution in [-0.2, 0) is 13.0 Å². The van der Waals surface area contributed by atoms with E-state index in [2.05, 4.69) is 17.1 Å². The van der Waals surface area contributed by atoms with Crippen molar-refractivity contribution >= 4 is 16.9 Å². The highest BCUT2D eigenvalue weighted by atomic mass is 16.5. The number of carbonyl (C=O) groups is 1. The molecule has 0 unspecified atom stereocenters. The van der Waals surface area contributed by atoms with Crippen molar-refractivity contribution in [3.05, 3.63) is 66.0 Å². The second-order valence-corrected chi connectivity index (χ2v) is 5.15. The number of aromatic nitrogens is 2. The Hall–Kier alpha value is -2.66. The molecule has 2 heterocycles. The summed E-state index contributed by atoms with van der Waals surface area (Å²) in [5.41, 5.74) is 3.89. The van der Waals surface area contributed by atoms with Crippen LogP contribution >= 0.6 is 0 Å². The maximum atomic E-state index is 11.5. The van der Waals surface area contributed by atoms with E-state index >= 15 is 0 Å². The van der Waals surface area contributed by atoms with Crippen LogP contribution in [0.2, 0.25) is 0 Å². The summed E-state index contributed by atoms with van der Waals surface area (Å²) in [5.74, 6) is -0.598. The van der Waals surface area contributed by atoms with Crippen LogP contribution in [0.15, 0.2) is 54.7 Å². The molecule has 0 aliphatic heterocycles. The summed E-state index contributed by atoms with van der Waals surface area (Å²) < 4.78 is 2.03. The Balaban J connectivity index is 1.74. The number of aryl methyl sites for hydroxylation is 2. The molecule has 2 N–H and O–H groups in total. The second kappa shape index (κ2) is 6.41. The smallest absolute Gasteiger partial charge is 0.293 e. The molecular weight excluding hydrogens is 278 g/mol. The summed E-state index contributed by atoms with van der Waals surface area (Å²) in [6.45, 7) is 0.829. The molecule has 0 fully saturated rings. The summed E-state index contributed by atoms with van der Waals surface area (Å²) in [6.07, 6.45) is 3.96. The Kier molecular flexibility index (Phi) is 4.16. The minimum absolute atomic E-state index is 0.206. The van der Waals surface area contributed by atoms with Gasteiger partial charge in [-0.1, -0.05) is 30.3 Å². The highest BCUT2D eigenvalue weighted by Crippen LogP contribution is 2.15. The molecule has 0 aliphatic carbocycles. The molecule has 5 heteroatoms. The quantitative estimate of drug-likeness (QED) is 0.562. The number of hydrogen-bond donors (Lipinski definition) is 2. The van der Waals surface area contributed by atoms with Crippen molar-refractivity contribution < 1.29 is 10.0 Å². The third-order valence-electron chi connectivity index (χ3n) is 3.65. The van der Waals surface area contributed by atoms with Crippen LogP contribution in [0, 0.1) is 0 Å². The number of nitrogens with zero attached hydrogens (tertiary/aromatic N) is 2. The third-order valence-corrected chi connectivity index (χ3v) is 3.65. The fourth-order valence-corrected chi connectivity index (χ4v) is 2.52. The van der Waals surface area contributed by atoms with Crippen LogP contribution in [0.4, 0.5) is 0 Å². The van der Waals surface area contributed by atoms with Crippen LogP contribution in [0.5, 0.6) is 0 Å². The number of nitrogens with one attached hydrogen (secondary N) is 1. The van der Waals surface area contributed by atoms with Gasteiger partial charge in [0.2, 0.25) is 0 Å². The lowest BCUT2D eigenvalue weighted by atomic mass is 10.1. The van der Waals surface area contributed by atoms with Gasteiger partial charge in [0.1, 0.15) is 11.3 Å². The van der Waals surface area contributed by atoms with E-state index < -0.39 is 5.91 Å². The number of hydrogen-bond acceptors (Lipinski definition) is 3. The molecule has 3 aromatic rings. The largest absolute Gasteiger partial charge is 0.332 e. The van der Waals surface area contributed by atoms with Gasteiger partial charge in [0.05, 0.1) is 0 Å². The lowest BCUT2D eigenvalue weighted by Crippen LogP contribution is -2.20. The zero-order chi connectivity index (χ0) is 15.4. The fourth-order valence-electron chi connectivity index (χ4n) is 2.52. The van der Waals surface area contributed by atoms with Gasteiger partial charge in [-0.15, -0.1) is 0 Å². The van der Waals surface area contributed by atoms with E-state index in [1.165, 1.54) is 5.56 Å². The van der Waals surface area contributed by atoms with Gasteiger partial charge < -0.3 is 4.57 Å². The number of pyridine rings is 1. The maximum Gasteiger partial charge on any atom is 0.293 e. The summed E-state index contributed by atoms with van der Waals surface area (Å²) in [5, 5.41) is 9.68. The summed E-state index contributed by atoms with van der Waals surface area (Å²) in [4.78, 5) is 15.8. The van der Waals surface area contributed by atoms with Gasteiger partial charge in [-0.25, -0.2) is 10.5 Å². The monoisotopic (exact) mass is 295 g/mol. The molecule has 1 aromatic carbocycles. The minimum Gasteiger partial charge on any atom is -0.332 e. The predicted molar refractivity (Wildman–Crippen MR) is 83.7 cm³/mol. The lowest BCUT2D eigenvalue weighted by molar-refractivity contribution is 0.0701. The highest BCUT2D eigenvalue weighted by Gasteiger charge is 2.09. The van der Waals surface area contributed by atoms with Crippen molar-refractivity contribution in [3.63, 3.8) is 0 Å². The van der Waals surface area contributed by atoms with Gasteiger partial charge >= 0.3 is 0 Å². The minimum atomic E-state index is -0.598. The standard InChI is InChI=1S/C17H17N3O2/c21-17(19-22)15-9-8-14-10-12-20(16(14)18-15)11-4-7-13-5-2-1-3-6-13/h1-3,5-6,8-10,12,22H,4,7,11H2,(H,19,21). The average Bonchev–Trinajstić information content (AvgIpc) is 2.97. The molecule has 0 radical (unpaired) electrons. The van der Waals surface area contributed by atoms with Crippen molar-refractivity contribution in [2.45, 2.75) is 19.4 Å². The second-order valence-electron chi connectivity index (χ2n) is 5.15. The van der Waals surface area contributed by atoms with Gasteiger partial charge in [-0.05, 0) is 36.6 Å². The molecule has 0 saturated carbocycles. The topological polar surface area (TPSA) is 67.2 Å². The van der Waals surface area contributed by atoms with E-state index in [0.717, 1.165) is 30.4 Å². The summed E-state index contributed by atoms with van der Waals surface area (Å²) in [7, 11) is 0. The van der Waals surface area contributed by atoms with Crippen LogP contribution < -0.4 is 5.48 Å². The molecule has 0 bridgehead atoms. The molecule has 5 nitrogen and oxygen atoms in total. The van der Waals surface area contributed by atoms with E-state index in [1.54, 1.807) is 11.5 Å². The Morgan fingerprint density at radius 3 is 2.73 bits per heavy atom. The number of amides is 1. The molecule has 0 spiro atoms. The van der Waals surface area contributed by atoms with E-state index in [4.69, 9.17) is 5.21 Å². The van der Waals surface area contributed by atoms with Gasteiger partial charge in [0, 0.05) is 18.1 Å². The zero-order valence-electron chi connectivity index (χ0n) is 12.1. The lowest BCUT2D eigenvalue weighted by Gasteiger charge is -2.06. The predicted octanol–water partition coefficient (Wildman–Crippen LogP) is 2.79. The molecule has 112 valence electrons. The first kappa shape index (κ1) is 14.3.